The van der Waals surface area contributed by atoms with Crippen LogP contribution in [0.2, 0.25) is 0 Å². The lowest BCUT2D eigenvalue weighted by molar-refractivity contribution is -0.132. The first kappa shape index (κ1) is 25.0. The second-order valence-corrected chi connectivity index (χ2v) is 9.31. The number of hydrogen-bond acceptors (Lipinski definition) is 7. The number of benzene rings is 2. The number of aliphatic hydroxyl groups excluding tert-OH is 1. The molecular formula is C27H23FN2O5S. The SMILES string of the molecule is C=CCOC(=O)c1sc(N2C(=O)C(=O)/C(=C(/O)c3cc(C)ccc3C)C2c2ccc(F)cc2)nc1C. The Morgan fingerprint density at radius 3 is 2.56 bits per heavy atom. The van der Waals surface area contributed by atoms with Crippen LogP contribution in [0.1, 0.15) is 43.7 Å². The van der Waals surface area contributed by atoms with Gasteiger partial charge in [0.25, 0.3) is 5.78 Å². The first-order valence-corrected chi connectivity index (χ1v) is 11.8. The Bertz CT molecular complexity index is 1420. The van der Waals surface area contributed by atoms with Crippen LogP contribution in [-0.2, 0) is 14.3 Å². The zero-order valence-electron chi connectivity index (χ0n) is 19.9. The van der Waals surface area contributed by atoms with Crippen LogP contribution in [0.4, 0.5) is 9.52 Å². The number of ether oxygens (including phenoxy) is 1. The summed E-state index contributed by atoms with van der Waals surface area (Å²) in [6.07, 6.45) is 1.43. The molecule has 1 amide bonds. The van der Waals surface area contributed by atoms with Crippen molar-refractivity contribution >= 4 is 39.9 Å². The van der Waals surface area contributed by atoms with Gasteiger partial charge in [-0.3, -0.25) is 14.5 Å². The molecule has 1 atom stereocenters. The topological polar surface area (TPSA) is 96.8 Å². The molecule has 1 aromatic heterocycles. The minimum Gasteiger partial charge on any atom is -0.507 e. The summed E-state index contributed by atoms with van der Waals surface area (Å²) in [5.74, 6) is -3.31. The van der Waals surface area contributed by atoms with Crippen LogP contribution in [0.3, 0.4) is 0 Å². The van der Waals surface area contributed by atoms with Crippen molar-refractivity contribution in [2.75, 3.05) is 11.5 Å². The summed E-state index contributed by atoms with van der Waals surface area (Å²) in [5, 5.41) is 11.4. The van der Waals surface area contributed by atoms with Gasteiger partial charge >= 0.3 is 11.9 Å². The standard InChI is InChI=1S/C27H23FN2O5S/c1-5-12-35-26(34)24-16(4)29-27(36-24)30-21(17-8-10-18(28)11-9-17)20(23(32)25(30)33)22(31)19-13-14(2)6-7-15(19)3/h5-11,13,21,31H,1,12H2,2-4H3/b22-20+. The molecule has 1 aliphatic heterocycles. The molecule has 1 N–H and O–H groups in total. The number of halogens is 1. The Labute approximate surface area is 211 Å². The Morgan fingerprint density at radius 1 is 1.19 bits per heavy atom. The van der Waals surface area contributed by atoms with E-state index in [1.165, 1.54) is 30.3 Å². The molecule has 1 unspecified atom stereocenters. The highest BCUT2D eigenvalue weighted by Crippen LogP contribution is 2.44. The molecule has 0 aliphatic carbocycles. The largest absolute Gasteiger partial charge is 0.507 e. The minimum absolute atomic E-state index is 0.00143. The van der Waals surface area contributed by atoms with E-state index in [0.717, 1.165) is 21.8 Å². The van der Waals surface area contributed by atoms with E-state index >= 15 is 0 Å². The summed E-state index contributed by atoms with van der Waals surface area (Å²) < 4.78 is 18.8. The second-order valence-electron chi connectivity index (χ2n) is 8.34. The highest BCUT2D eigenvalue weighted by atomic mass is 32.1. The third kappa shape index (κ3) is 4.45. The molecule has 3 aromatic rings. The Morgan fingerprint density at radius 2 is 1.89 bits per heavy atom. The van der Waals surface area contributed by atoms with Crippen LogP contribution < -0.4 is 4.90 Å². The molecule has 36 heavy (non-hydrogen) atoms. The van der Waals surface area contributed by atoms with Crippen LogP contribution in [0.5, 0.6) is 0 Å². The van der Waals surface area contributed by atoms with Gasteiger partial charge in [0.15, 0.2) is 5.13 Å². The van der Waals surface area contributed by atoms with Crippen molar-refractivity contribution in [3.63, 3.8) is 0 Å². The molecule has 1 aliphatic rings. The van der Waals surface area contributed by atoms with Crippen molar-refractivity contribution in [3.05, 3.63) is 99.3 Å². The van der Waals surface area contributed by atoms with Crippen molar-refractivity contribution in [1.29, 1.82) is 0 Å². The lowest BCUT2D eigenvalue weighted by Gasteiger charge is -2.23. The van der Waals surface area contributed by atoms with Gasteiger partial charge in [-0.25, -0.2) is 14.2 Å². The first-order chi connectivity index (χ1) is 17.1. The van der Waals surface area contributed by atoms with E-state index in [9.17, 15) is 23.9 Å². The third-order valence-electron chi connectivity index (χ3n) is 5.79. The van der Waals surface area contributed by atoms with E-state index in [1.807, 2.05) is 13.0 Å². The quantitative estimate of drug-likeness (QED) is 0.163. The molecule has 0 radical (unpaired) electrons. The maximum atomic E-state index is 13.7. The summed E-state index contributed by atoms with van der Waals surface area (Å²) in [6, 6.07) is 9.60. The Balaban J connectivity index is 1.91. The fourth-order valence-corrected chi connectivity index (χ4v) is 4.99. The number of aryl methyl sites for hydroxylation is 3. The summed E-state index contributed by atoms with van der Waals surface area (Å²) in [5.41, 5.74) is 2.53. The van der Waals surface area contributed by atoms with Crippen LogP contribution in [0.25, 0.3) is 5.76 Å². The highest BCUT2D eigenvalue weighted by molar-refractivity contribution is 7.17. The molecule has 0 saturated carbocycles. The van der Waals surface area contributed by atoms with E-state index in [0.29, 0.717) is 22.4 Å². The number of carbonyl (C=O) groups is 3. The summed E-state index contributed by atoms with van der Waals surface area (Å²) in [4.78, 5) is 44.7. The summed E-state index contributed by atoms with van der Waals surface area (Å²) in [6.45, 7) is 8.73. The van der Waals surface area contributed by atoms with Crippen molar-refractivity contribution < 1.29 is 28.6 Å². The van der Waals surface area contributed by atoms with E-state index in [4.69, 9.17) is 4.74 Å². The molecular weight excluding hydrogens is 483 g/mol. The number of esters is 1. The number of anilines is 1. The van der Waals surface area contributed by atoms with E-state index in [1.54, 1.807) is 26.0 Å². The second kappa shape index (κ2) is 9.87. The number of hydrogen-bond donors (Lipinski definition) is 1. The van der Waals surface area contributed by atoms with Gasteiger partial charge < -0.3 is 9.84 Å². The van der Waals surface area contributed by atoms with Crippen LogP contribution >= 0.6 is 11.3 Å². The van der Waals surface area contributed by atoms with Crippen molar-refractivity contribution in [2.24, 2.45) is 0 Å². The van der Waals surface area contributed by atoms with Crippen LogP contribution in [0, 0.1) is 26.6 Å². The Kier molecular flexibility index (Phi) is 6.85. The third-order valence-corrected chi connectivity index (χ3v) is 6.92. The Hall–Kier alpha value is -4.11. The van der Waals surface area contributed by atoms with Gasteiger partial charge in [0.2, 0.25) is 0 Å². The fraction of sp³-hybridized carbons (Fsp3) is 0.185. The zero-order chi connectivity index (χ0) is 26.1. The fourth-order valence-electron chi connectivity index (χ4n) is 4.00. The predicted octanol–water partition coefficient (Wildman–Crippen LogP) is 5.18. The molecule has 0 bridgehead atoms. The maximum absolute atomic E-state index is 13.7. The van der Waals surface area contributed by atoms with Crippen molar-refractivity contribution in [3.8, 4) is 0 Å². The molecule has 0 spiro atoms. The predicted molar refractivity (Wildman–Crippen MR) is 134 cm³/mol. The minimum atomic E-state index is -1.09. The van der Waals surface area contributed by atoms with Crippen LogP contribution in [-0.4, -0.2) is 34.4 Å². The summed E-state index contributed by atoms with van der Waals surface area (Å²) in [7, 11) is 0. The molecule has 1 fully saturated rings. The number of ketones is 1. The lowest BCUT2D eigenvalue weighted by atomic mass is 9.93. The average Bonchev–Trinajstić information content (AvgIpc) is 3.36. The number of amides is 1. The van der Waals surface area contributed by atoms with Gasteiger partial charge in [-0.2, -0.15) is 0 Å². The molecule has 2 aromatic carbocycles. The van der Waals surface area contributed by atoms with Crippen molar-refractivity contribution in [2.45, 2.75) is 26.8 Å². The maximum Gasteiger partial charge on any atom is 0.350 e. The number of carbonyl (C=O) groups excluding carboxylic acids is 3. The normalized spacial score (nSPS) is 16.9. The van der Waals surface area contributed by atoms with Gasteiger partial charge in [0, 0.05) is 5.56 Å². The molecule has 184 valence electrons. The zero-order valence-corrected chi connectivity index (χ0v) is 20.7. The van der Waals surface area contributed by atoms with Crippen molar-refractivity contribution in [1.82, 2.24) is 4.98 Å². The van der Waals surface area contributed by atoms with Gasteiger partial charge in [-0.15, -0.1) is 0 Å². The molecule has 1 saturated heterocycles. The average molecular weight is 507 g/mol. The van der Waals surface area contributed by atoms with Gasteiger partial charge in [0.05, 0.1) is 17.3 Å². The number of rotatable bonds is 6. The monoisotopic (exact) mass is 506 g/mol. The van der Waals surface area contributed by atoms with Gasteiger partial charge in [-0.1, -0.05) is 53.8 Å². The van der Waals surface area contributed by atoms with E-state index < -0.39 is 29.5 Å². The van der Waals surface area contributed by atoms with Gasteiger partial charge in [-0.05, 0) is 50.1 Å². The number of aliphatic hydroxyl groups is 1. The molecule has 4 rings (SSSR count). The number of thiazole rings is 1. The summed E-state index contributed by atoms with van der Waals surface area (Å²) >= 11 is 0.892. The van der Waals surface area contributed by atoms with Crippen LogP contribution in [0.15, 0.2) is 60.7 Å². The van der Waals surface area contributed by atoms with Gasteiger partial charge in [0.1, 0.15) is 23.1 Å². The number of Topliss-reactive ketones (excluding diaryl/α,β-unsaturated/α-hetero) is 1. The van der Waals surface area contributed by atoms with E-state index in [2.05, 4.69) is 11.6 Å². The number of nitrogens with zero attached hydrogens (tertiary/aromatic N) is 2. The number of aromatic nitrogens is 1. The first-order valence-electron chi connectivity index (χ1n) is 11.0. The lowest BCUT2D eigenvalue weighted by Crippen LogP contribution is -2.29. The molecule has 9 heteroatoms. The molecule has 7 nitrogen and oxygen atoms in total. The molecule has 2 heterocycles. The smallest absolute Gasteiger partial charge is 0.350 e. The van der Waals surface area contributed by atoms with E-state index in [-0.39, 0.29) is 27.9 Å². The highest BCUT2D eigenvalue weighted by Gasteiger charge is 2.48.